The zero-order chi connectivity index (χ0) is 11.4. The molecule has 0 heterocycles. The number of hydrogen-bond acceptors (Lipinski definition) is 3. The molecule has 4 heteroatoms. The highest BCUT2D eigenvalue weighted by atomic mass is 19.1. The van der Waals surface area contributed by atoms with Crippen LogP contribution in [0.15, 0.2) is 18.2 Å². The van der Waals surface area contributed by atoms with Crippen molar-refractivity contribution in [2.45, 2.75) is 20.0 Å². The fourth-order valence-corrected chi connectivity index (χ4v) is 1.08. The minimum Gasteiger partial charge on any atom is -0.494 e. The molecule has 0 aromatic heterocycles. The Balaban J connectivity index is 2.87. The first-order valence-electron chi connectivity index (χ1n) is 4.59. The van der Waals surface area contributed by atoms with Gasteiger partial charge < -0.3 is 9.47 Å². The third-order valence-corrected chi connectivity index (χ3v) is 1.73. The van der Waals surface area contributed by atoms with E-state index in [0.29, 0.717) is 0 Å². The maximum absolute atomic E-state index is 13.2. The topological polar surface area (TPSA) is 35.5 Å². The van der Waals surface area contributed by atoms with Gasteiger partial charge in [-0.2, -0.15) is 0 Å². The van der Waals surface area contributed by atoms with Gasteiger partial charge >= 0.3 is 5.97 Å². The Bertz CT molecular complexity index is 361. The Morgan fingerprint density at radius 3 is 2.53 bits per heavy atom. The summed E-state index contributed by atoms with van der Waals surface area (Å²) in [5.74, 6) is -1.00. The Kier molecular flexibility index (Phi) is 3.66. The summed E-state index contributed by atoms with van der Waals surface area (Å²) < 4.78 is 22.9. The molecule has 0 saturated heterocycles. The van der Waals surface area contributed by atoms with Crippen molar-refractivity contribution in [3.63, 3.8) is 0 Å². The monoisotopic (exact) mass is 212 g/mol. The normalized spacial score (nSPS) is 10.2. The second kappa shape index (κ2) is 4.77. The average molecular weight is 212 g/mol. The van der Waals surface area contributed by atoms with E-state index in [1.54, 1.807) is 13.8 Å². The first kappa shape index (κ1) is 11.5. The molecule has 0 saturated carbocycles. The lowest BCUT2D eigenvalue weighted by Gasteiger charge is -2.08. The zero-order valence-electron chi connectivity index (χ0n) is 8.91. The van der Waals surface area contributed by atoms with Crippen LogP contribution in [0.1, 0.15) is 24.2 Å². The van der Waals surface area contributed by atoms with Crippen LogP contribution in [0.25, 0.3) is 0 Å². The number of rotatable bonds is 3. The van der Waals surface area contributed by atoms with Crippen LogP contribution in [-0.4, -0.2) is 19.2 Å². The van der Waals surface area contributed by atoms with Crippen molar-refractivity contribution in [3.8, 4) is 5.75 Å². The summed E-state index contributed by atoms with van der Waals surface area (Å²) in [5.41, 5.74) is 0.182. The number of hydrogen-bond donors (Lipinski definition) is 0. The zero-order valence-corrected chi connectivity index (χ0v) is 8.91. The molecule has 0 N–H and O–H groups in total. The van der Waals surface area contributed by atoms with Crippen LogP contribution in [0.5, 0.6) is 5.75 Å². The molecule has 1 aromatic rings. The number of benzene rings is 1. The summed E-state index contributed by atoms with van der Waals surface area (Å²) in [6.07, 6.45) is -0.220. The molecule has 0 radical (unpaired) electrons. The fraction of sp³-hybridized carbons (Fsp3) is 0.364. The molecular formula is C11H13FO3. The van der Waals surface area contributed by atoms with E-state index in [0.717, 1.165) is 6.07 Å². The average Bonchev–Trinajstić information content (AvgIpc) is 2.16. The van der Waals surface area contributed by atoms with Crippen LogP contribution < -0.4 is 4.74 Å². The predicted molar refractivity (Wildman–Crippen MR) is 53.5 cm³/mol. The van der Waals surface area contributed by atoms with Crippen molar-refractivity contribution in [2.75, 3.05) is 7.11 Å². The van der Waals surface area contributed by atoms with Crippen LogP contribution in [-0.2, 0) is 4.74 Å². The molecule has 0 amide bonds. The van der Waals surface area contributed by atoms with Gasteiger partial charge in [0.15, 0.2) is 11.6 Å². The van der Waals surface area contributed by atoms with Crippen LogP contribution in [0.2, 0.25) is 0 Å². The van der Waals surface area contributed by atoms with E-state index in [9.17, 15) is 9.18 Å². The van der Waals surface area contributed by atoms with Crippen molar-refractivity contribution >= 4 is 5.97 Å². The standard InChI is InChI=1S/C11H13FO3/c1-7(2)15-11(13)8-4-5-10(14-3)9(12)6-8/h4-7H,1-3H3. The van der Waals surface area contributed by atoms with E-state index in [1.165, 1.54) is 19.2 Å². The van der Waals surface area contributed by atoms with Gasteiger partial charge in [-0.1, -0.05) is 0 Å². The van der Waals surface area contributed by atoms with Gasteiger partial charge in [0.25, 0.3) is 0 Å². The van der Waals surface area contributed by atoms with Crippen LogP contribution in [0.4, 0.5) is 4.39 Å². The number of esters is 1. The maximum atomic E-state index is 13.2. The van der Waals surface area contributed by atoms with Crippen LogP contribution >= 0.6 is 0 Å². The number of halogens is 1. The van der Waals surface area contributed by atoms with E-state index in [2.05, 4.69) is 0 Å². The molecule has 0 unspecified atom stereocenters. The molecule has 0 aliphatic heterocycles. The number of carbonyl (C=O) groups excluding carboxylic acids is 1. The van der Waals surface area contributed by atoms with Crippen molar-refractivity contribution in [3.05, 3.63) is 29.6 Å². The molecule has 1 rings (SSSR count). The molecular weight excluding hydrogens is 199 g/mol. The molecule has 3 nitrogen and oxygen atoms in total. The number of methoxy groups -OCH3 is 1. The molecule has 0 spiro atoms. The molecule has 0 fully saturated rings. The highest BCUT2D eigenvalue weighted by molar-refractivity contribution is 5.89. The summed E-state index contributed by atoms with van der Waals surface area (Å²) >= 11 is 0. The summed E-state index contributed by atoms with van der Waals surface area (Å²) in [6.45, 7) is 3.47. The van der Waals surface area contributed by atoms with Gasteiger partial charge in [0.05, 0.1) is 18.8 Å². The summed E-state index contributed by atoms with van der Waals surface area (Å²) in [5, 5.41) is 0. The fourth-order valence-electron chi connectivity index (χ4n) is 1.08. The van der Waals surface area contributed by atoms with E-state index in [4.69, 9.17) is 9.47 Å². The van der Waals surface area contributed by atoms with E-state index in [-0.39, 0.29) is 17.4 Å². The molecule has 0 aliphatic rings. The lowest BCUT2D eigenvalue weighted by atomic mass is 10.2. The molecule has 15 heavy (non-hydrogen) atoms. The van der Waals surface area contributed by atoms with Crippen molar-refractivity contribution in [1.29, 1.82) is 0 Å². The first-order chi connectivity index (χ1) is 7.04. The quantitative estimate of drug-likeness (QED) is 0.722. The predicted octanol–water partition coefficient (Wildman–Crippen LogP) is 2.40. The summed E-state index contributed by atoms with van der Waals surface area (Å²) in [6, 6.07) is 3.96. The van der Waals surface area contributed by atoms with E-state index < -0.39 is 11.8 Å². The second-order valence-corrected chi connectivity index (χ2v) is 3.30. The lowest BCUT2D eigenvalue weighted by molar-refractivity contribution is 0.0377. The van der Waals surface area contributed by atoms with Crippen LogP contribution in [0, 0.1) is 5.82 Å². The SMILES string of the molecule is COc1ccc(C(=O)OC(C)C)cc1F. The van der Waals surface area contributed by atoms with Gasteiger partial charge in [0, 0.05) is 0 Å². The van der Waals surface area contributed by atoms with Gasteiger partial charge in [-0.15, -0.1) is 0 Å². The number of ether oxygens (including phenoxy) is 2. The summed E-state index contributed by atoms with van der Waals surface area (Å²) in [7, 11) is 1.37. The largest absolute Gasteiger partial charge is 0.494 e. The minimum atomic E-state index is -0.573. The third-order valence-electron chi connectivity index (χ3n) is 1.73. The summed E-state index contributed by atoms with van der Waals surface area (Å²) in [4.78, 5) is 11.4. The Labute approximate surface area is 87.8 Å². The Hall–Kier alpha value is -1.58. The first-order valence-corrected chi connectivity index (χ1v) is 4.59. The molecule has 82 valence electrons. The lowest BCUT2D eigenvalue weighted by Crippen LogP contribution is -2.11. The van der Waals surface area contributed by atoms with Crippen molar-refractivity contribution in [1.82, 2.24) is 0 Å². The van der Waals surface area contributed by atoms with E-state index in [1.807, 2.05) is 0 Å². The Morgan fingerprint density at radius 2 is 2.07 bits per heavy atom. The maximum Gasteiger partial charge on any atom is 0.338 e. The van der Waals surface area contributed by atoms with Crippen molar-refractivity contribution in [2.24, 2.45) is 0 Å². The highest BCUT2D eigenvalue weighted by Gasteiger charge is 2.12. The minimum absolute atomic E-state index is 0.107. The molecule has 0 bridgehead atoms. The van der Waals surface area contributed by atoms with Crippen LogP contribution in [0.3, 0.4) is 0 Å². The van der Waals surface area contributed by atoms with Gasteiger partial charge in [-0.3, -0.25) is 0 Å². The van der Waals surface area contributed by atoms with Gasteiger partial charge in [0.1, 0.15) is 0 Å². The molecule has 1 aromatic carbocycles. The number of carbonyl (C=O) groups is 1. The smallest absolute Gasteiger partial charge is 0.338 e. The van der Waals surface area contributed by atoms with Crippen molar-refractivity contribution < 1.29 is 18.7 Å². The Morgan fingerprint density at radius 1 is 1.40 bits per heavy atom. The van der Waals surface area contributed by atoms with Gasteiger partial charge in [-0.25, -0.2) is 9.18 Å². The molecule has 0 atom stereocenters. The van der Waals surface area contributed by atoms with Gasteiger partial charge in [0.2, 0.25) is 0 Å². The molecule has 0 aliphatic carbocycles. The van der Waals surface area contributed by atoms with Gasteiger partial charge in [-0.05, 0) is 32.0 Å². The highest BCUT2D eigenvalue weighted by Crippen LogP contribution is 2.18. The second-order valence-electron chi connectivity index (χ2n) is 3.30. The van der Waals surface area contributed by atoms with E-state index >= 15 is 0 Å². The third kappa shape index (κ3) is 2.94.